The van der Waals surface area contributed by atoms with Gasteiger partial charge in [0.15, 0.2) is 0 Å². The minimum absolute atomic E-state index is 0.0924. The molecule has 0 saturated carbocycles. The van der Waals surface area contributed by atoms with Gasteiger partial charge in [0, 0.05) is 22.7 Å². The van der Waals surface area contributed by atoms with Gasteiger partial charge in [0.1, 0.15) is 0 Å². The highest BCUT2D eigenvalue weighted by Gasteiger charge is 2.15. The number of nitrogens with two attached hydrogens (primary N) is 2. The normalized spacial score (nSPS) is 13.4. The summed E-state index contributed by atoms with van der Waals surface area (Å²) in [6.45, 7) is 0. The van der Waals surface area contributed by atoms with Crippen LogP contribution in [0.2, 0.25) is 0 Å². The monoisotopic (exact) mass is 348 g/mol. The van der Waals surface area contributed by atoms with Crippen LogP contribution in [-0.4, -0.2) is 6.04 Å². The van der Waals surface area contributed by atoms with Crippen molar-refractivity contribution < 1.29 is 0 Å². The highest BCUT2D eigenvalue weighted by atomic mass is 32.2. The smallest absolute Gasteiger partial charge is 0.0452 e. The topological polar surface area (TPSA) is 52.0 Å². The molecule has 0 aliphatic carbocycles. The Morgan fingerprint density at radius 3 is 1.84 bits per heavy atom. The van der Waals surface area contributed by atoms with E-state index in [4.69, 9.17) is 11.5 Å². The molecule has 0 heterocycles. The van der Waals surface area contributed by atoms with Gasteiger partial charge in [-0.25, -0.2) is 0 Å². The number of benzene rings is 3. The molecule has 0 radical (unpaired) electrons. The zero-order chi connectivity index (χ0) is 17.5. The summed E-state index contributed by atoms with van der Waals surface area (Å²) in [5, 5.41) is 0. The minimum atomic E-state index is -0.159. The maximum atomic E-state index is 6.37. The molecule has 25 heavy (non-hydrogen) atoms. The molecule has 3 rings (SSSR count). The van der Waals surface area contributed by atoms with Crippen LogP contribution in [0.1, 0.15) is 22.7 Å². The second-order valence-corrected chi connectivity index (χ2v) is 7.27. The lowest BCUT2D eigenvalue weighted by molar-refractivity contribution is 0.544. The average molecular weight is 349 g/mol. The summed E-state index contributed by atoms with van der Waals surface area (Å²) in [6.07, 6.45) is 0.784. The fourth-order valence-electron chi connectivity index (χ4n) is 2.79. The van der Waals surface area contributed by atoms with E-state index in [-0.39, 0.29) is 12.1 Å². The molecule has 0 aromatic heterocycles. The first-order valence-corrected chi connectivity index (χ1v) is 9.53. The van der Waals surface area contributed by atoms with Crippen LogP contribution in [0.25, 0.3) is 0 Å². The fourth-order valence-corrected chi connectivity index (χ4v) is 3.64. The summed E-state index contributed by atoms with van der Waals surface area (Å²) >= 11 is 1.83. The van der Waals surface area contributed by atoms with Gasteiger partial charge in [0.25, 0.3) is 0 Å². The van der Waals surface area contributed by atoms with Crippen molar-refractivity contribution in [3.63, 3.8) is 0 Å². The van der Waals surface area contributed by atoms with E-state index in [2.05, 4.69) is 60.7 Å². The first-order valence-electron chi connectivity index (χ1n) is 8.54. The van der Waals surface area contributed by atoms with E-state index < -0.39 is 0 Å². The molecular formula is C22H24N2S. The summed E-state index contributed by atoms with van der Waals surface area (Å²) in [7, 11) is 0. The Morgan fingerprint density at radius 1 is 0.680 bits per heavy atom. The van der Waals surface area contributed by atoms with Gasteiger partial charge in [0.2, 0.25) is 0 Å². The molecule has 2 atom stereocenters. The minimum Gasteiger partial charge on any atom is -0.326 e. The average Bonchev–Trinajstić information content (AvgIpc) is 2.68. The van der Waals surface area contributed by atoms with E-state index in [1.54, 1.807) is 0 Å². The molecule has 2 unspecified atom stereocenters. The predicted molar refractivity (Wildman–Crippen MR) is 107 cm³/mol. The van der Waals surface area contributed by atoms with Gasteiger partial charge in [-0.2, -0.15) is 0 Å². The van der Waals surface area contributed by atoms with Crippen LogP contribution in [0.5, 0.6) is 0 Å². The van der Waals surface area contributed by atoms with Crippen molar-refractivity contribution in [2.75, 3.05) is 0 Å². The second kappa shape index (κ2) is 8.86. The van der Waals surface area contributed by atoms with Crippen molar-refractivity contribution in [3.05, 3.63) is 102 Å². The third kappa shape index (κ3) is 5.20. The summed E-state index contributed by atoms with van der Waals surface area (Å²) in [5.74, 6) is 0.972. The zero-order valence-electron chi connectivity index (χ0n) is 14.2. The summed E-state index contributed by atoms with van der Waals surface area (Å²) in [6, 6.07) is 29.0. The molecule has 0 bridgehead atoms. The van der Waals surface area contributed by atoms with Crippen LogP contribution in [0.4, 0.5) is 0 Å². The summed E-state index contributed by atoms with van der Waals surface area (Å²) < 4.78 is 0. The highest BCUT2D eigenvalue weighted by Crippen LogP contribution is 2.25. The Morgan fingerprint density at radius 2 is 1.24 bits per heavy atom. The Labute approximate surface area is 154 Å². The molecule has 4 N–H and O–H groups in total. The lowest BCUT2D eigenvalue weighted by Gasteiger charge is -2.20. The van der Waals surface area contributed by atoms with Crippen LogP contribution in [0.3, 0.4) is 0 Å². The number of rotatable bonds is 7. The molecule has 0 aliphatic rings. The van der Waals surface area contributed by atoms with Gasteiger partial charge in [-0.3, -0.25) is 0 Å². The number of hydrogen-bond acceptors (Lipinski definition) is 3. The van der Waals surface area contributed by atoms with Gasteiger partial charge in [-0.05, 0) is 35.2 Å². The van der Waals surface area contributed by atoms with E-state index in [0.717, 1.165) is 17.7 Å². The van der Waals surface area contributed by atoms with E-state index in [1.165, 1.54) is 16.0 Å². The summed E-state index contributed by atoms with van der Waals surface area (Å²) in [5.41, 5.74) is 16.3. The fraction of sp³-hybridized carbons (Fsp3) is 0.182. The quantitative estimate of drug-likeness (QED) is 0.616. The number of thioether (sulfide) groups is 1. The van der Waals surface area contributed by atoms with Gasteiger partial charge in [0.05, 0.1) is 0 Å². The Balaban J connectivity index is 1.57. The maximum absolute atomic E-state index is 6.37. The van der Waals surface area contributed by atoms with Crippen LogP contribution in [-0.2, 0) is 12.2 Å². The van der Waals surface area contributed by atoms with Crippen molar-refractivity contribution >= 4 is 11.8 Å². The largest absolute Gasteiger partial charge is 0.326 e. The molecule has 0 aliphatic heterocycles. The predicted octanol–water partition coefficient (Wildman–Crippen LogP) is 4.55. The van der Waals surface area contributed by atoms with Crippen molar-refractivity contribution in [3.8, 4) is 0 Å². The molecular weight excluding hydrogens is 324 g/mol. The van der Waals surface area contributed by atoms with Gasteiger partial charge in [-0.15, -0.1) is 11.8 Å². The lowest BCUT2D eigenvalue weighted by Crippen LogP contribution is -2.35. The molecule has 2 nitrogen and oxygen atoms in total. The van der Waals surface area contributed by atoms with Crippen molar-refractivity contribution in [2.24, 2.45) is 11.5 Å². The molecule has 0 spiro atoms. The Bertz CT molecular complexity index is 757. The summed E-state index contributed by atoms with van der Waals surface area (Å²) in [4.78, 5) is 1.25. The first-order chi connectivity index (χ1) is 12.2. The second-order valence-electron chi connectivity index (χ2n) is 6.22. The molecule has 0 saturated heterocycles. The van der Waals surface area contributed by atoms with Crippen molar-refractivity contribution in [1.29, 1.82) is 0 Å². The zero-order valence-corrected chi connectivity index (χ0v) is 15.0. The number of hydrogen-bond donors (Lipinski definition) is 2. The van der Waals surface area contributed by atoms with Crippen LogP contribution in [0.15, 0.2) is 89.8 Å². The standard InChI is InChI=1S/C22H24N2S/c23-21(15-17-7-3-1-4-8-17)22(24)19-11-13-20(14-12-19)25-16-18-9-5-2-6-10-18/h1-14,21-22H,15-16,23-24H2. The van der Waals surface area contributed by atoms with Crippen molar-refractivity contribution in [2.45, 2.75) is 29.2 Å². The van der Waals surface area contributed by atoms with E-state index in [1.807, 2.05) is 36.0 Å². The van der Waals surface area contributed by atoms with Crippen LogP contribution >= 0.6 is 11.8 Å². The SMILES string of the molecule is NC(Cc1ccccc1)C(N)c1ccc(SCc2ccccc2)cc1. The molecule has 3 aromatic carbocycles. The van der Waals surface area contributed by atoms with Crippen LogP contribution in [0, 0.1) is 0 Å². The van der Waals surface area contributed by atoms with Crippen LogP contribution < -0.4 is 11.5 Å². The van der Waals surface area contributed by atoms with E-state index in [9.17, 15) is 0 Å². The van der Waals surface area contributed by atoms with E-state index >= 15 is 0 Å². The van der Waals surface area contributed by atoms with Gasteiger partial charge < -0.3 is 11.5 Å². The van der Waals surface area contributed by atoms with Crippen molar-refractivity contribution in [1.82, 2.24) is 0 Å². The highest BCUT2D eigenvalue weighted by molar-refractivity contribution is 7.98. The first kappa shape index (κ1) is 17.7. The molecule has 3 heteroatoms. The van der Waals surface area contributed by atoms with E-state index in [0.29, 0.717) is 0 Å². The lowest BCUT2D eigenvalue weighted by atomic mass is 9.95. The molecule has 128 valence electrons. The third-order valence-electron chi connectivity index (χ3n) is 4.29. The Kier molecular flexibility index (Phi) is 6.29. The molecule has 3 aromatic rings. The van der Waals surface area contributed by atoms with Gasteiger partial charge >= 0.3 is 0 Å². The molecule has 0 amide bonds. The van der Waals surface area contributed by atoms with Gasteiger partial charge in [-0.1, -0.05) is 72.8 Å². The Hall–Kier alpha value is -2.07. The maximum Gasteiger partial charge on any atom is 0.0452 e. The molecule has 0 fully saturated rings. The third-order valence-corrected chi connectivity index (χ3v) is 5.37.